The molecule has 0 aliphatic carbocycles. The van der Waals surface area contributed by atoms with Gasteiger partial charge in [0.2, 0.25) is 0 Å². The van der Waals surface area contributed by atoms with Crippen molar-refractivity contribution in [3.8, 4) is 0 Å². The van der Waals surface area contributed by atoms with Crippen molar-refractivity contribution in [2.24, 2.45) is 0 Å². The number of nitrogens with zero attached hydrogens (tertiary/aromatic N) is 2. The third kappa shape index (κ3) is 7.07. The third-order valence-corrected chi connectivity index (χ3v) is 6.99. The summed E-state index contributed by atoms with van der Waals surface area (Å²) in [6, 6.07) is 17.4. The maximum Gasteiger partial charge on any atom is 0.321 e. The molecule has 2 aliphatic heterocycles. The van der Waals surface area contributed by atoms with Crippen molar-refractivity contribution in [2.45, 2.75) is 50.9 Å². The molecule has 0 radical (unpaired) electrons. The summed E-state index contributed by atoms with van der Waals surface area (Å²) in [6.07, 6.45) is 8.26. The van der Waals surface area contributed by atoms with Crippen LogP contribution < -0.4 is 10.6 Å². The number of urea groups is 1. The topological polar surface area (TPSA) is 64.7 Å². The van der Waals surface area contributed by atoms with Gasteiger partial charge in [-0.15, -0.1) is 0 Å². The van der Waals surface area contributed by atoms with Crippen molar-refractivity contribution in [1.82, 2.24) is 15.1 Å². The highest BCUT2D eigenvalue weighted by Gasteiger charge is 2.25. The molecule has 4 rings (SSSR count). The molecule has 2 N–H and O–H groups in total. The average molecular weight is 463 g/mol. The van der Waals surface area contributed by atoms with Crippen molar-refractivity contribution in [3.63, 3.8) is 0 Å². The zero-order valence-electron chi connectivity index (χ0n) is 20.2. The Hall–Kier alpha value is -2.86. The second-order valence-corrected chi connectivity index (χ2v) is 9.57. The van der Waals surface area contributed by atoms with E-state index in [0.29, 0.717) is 18.7 Å². The molecule has 6 heteroatoms. The van der Waals surface area contributed by atoms with Crippen molar-refractivity contribution < 1.29 is 9.59 Å². The number of piperidine rings is 1. The summed E-state index contributed by atoms with van der Waals surface area (Å²) in [5.74, 6) is 0.235. The fourth-order valence-corrected chi connectivity index (χ4v) is 5.06. The Balaban J connectivity index is 1.27. The molecule has 0 bridgehead atoms. The molecule has 0 aromatic heterocycles. The summed E-state index contributed by atoms with van der Waals surface area (Å²) < 4.78 is 0. The molecule has 0 unspecified atom stereocenters. The zero-order valence-corrected chi connectivity index (χ0v) is 20.2. The van der Waals surface area contributed by atoms with Gasteiger partial charge in [-0.25, -0.2) is 4.79 Å². The predicted octanol–water partition coefficient (Wildman–Crippen LogP) is 5.09. The first kappa shape index (κ1) is 24.3. The Morgan fingerprint density at radius 1 is 0.882 bits per heavy atom. The molecular weight excluding hydrogens is 424 g/mol. The third-order valence-electron chi connectivity index (χ3n) is 6.99. The van der Waals surface area contributed by atoms with Crippen LogP contribution in [0, 0.1) is 0 Å². The second kappa shape index (κ2) is 12.6. The van der Waals surface area contributed by atoms with Crippen LogP contribution in [0.4, 0.5) is 10.5 Å². The Labute approximate surface area is 203 Å². The largest absolute Gasteiger partial charge is 0.352 e. The lowest BCUT2D eigenvalue weighted by Gasteiger charge is -2.33. The lowest BCUT2D eigenvalue weighted by Crippen LogP contribution is -2.41. The van der Waals surface area contributed by atoms with E-state index in [9.17, 15) is 9.59 Å². The summed E-state index contributed by atoms with van der Waals surface area (Å²) >= 11 is 0. The number of hydrogen-bond donors (Lipinski definition) is 2. The minimum Gasteiger partial charge on any atom is -0.352 e. The van der Waals surface area contributed by atoms with Gasteiger partial charge in [-0.1, -0.05) is 43.2 Å². The van der Waals surface area contributed by atoms with Crippen LogP contribution >= 0.6 is 0 Å². The van der Waals surface area contributed by atoms with Crippen molar-refractivity contribution in [3.05, 3.63) is 65.7 Å². The predicted molar refractivity (Wildman–Crippen MR) is 137 cm³/mol. The van der Waals surface area contributed by atoms with Crippen LogP contribution in [0.3, 0.4) is 0 Å². The molecule has 6 nitrogen and oxygen atoms in total. The van der Waals surface area contributed by atoms with Gasteiger partial charge < -0.3 is 20.4 Å². The first-order valence-electron chi connectivity index (χ1n) is 12.9. The monoisotopic (exact) mass is 462 g/mol. The summed E-state index contributed by atoms with van der Waals surface area (Å²) in [5, 5.41) is 6.09. The molecule has 2 heterocycles. The van der Waals surface area contributed by atoms with Gasteiger partial charge in [0, 0.05) is 36.8 Å². The first-order chi connectivity index (χ1) is 16.7. The maximum absolute atomic E-state index is 12.8. The first-order valence-corrected chi connectivity index (χ1v) is 12.9. The van der Waals surface area contributed by atoms with E-state index in [-0.39, 0.29) is 17.9 Å². The van der Waals surface area contributed by atoms with Crippen molar-refractivity contribution in [1.29, 1.82) is 0 Å². The van der Waals surface area contributed by atoms with Crippen molar-refractivity contribution >= 4 is 17.6 Å². The number of rotatable bonds is 7. The van der Waals surface area contributed by atoms with Crippen LogP contribution in [0.2, 0.25) is 0 Å². The van der Waals surface area contributed by atoms with E-state index in [4.69, 9.17) is 0 Å². The van der Waals surface area contributed by atoms with Gasteiger partial charge in [-0.05, 0) is 81.6 Å². The molecule has 0 saturated carbocycles. The minimum absolute atomic E-state index is 0.00722. The van der Waals surface area contributed by atoms with Crippen molar-refractivity contribution in [2.75, 3.05) is 44.6 Å². The molecule has 2 fully saturated rings. The molecule has 2 aromatic rings. The van der Waals surface area contributed by atoms with Gasteiger partial charge in [-0.2, -0.15) is 0 Å². The van der Waals surface area contributed by atoms with Crippen LogP contribution in [0.25, 0.3) is 0 Å². The second-order valence-electron chi connectivity index (χ2n) is 9.57. The summed E-state index contributed by atoms with van der Waals surface area (Å²) in [6.45, 7) is 5.57. The molecule has 34 heavy (non-hydrogen) atoms. The smallest absolute Gasteiger partial charge is 0.321 e. The summed E-state index contributed by atoms with van der Waals surface area (Å²) in [5.41, 5.74) is 2.65. The number of benzene rings is 2. The Kier molecular flexibility index (Phi) is 8.97. The minimum atomic E-state index is -0.0609. The maximum atomic E-state index is 12.8. The quantitative estimate of drug-likeness (QED) is 0.563. The Morgan fingerprint density at radius 3 is 2.47 bits per heavy atom. The highest BCUT2D eigenvalue weighted by molar-refractivity contribution is 5.94. The van der Waals surface area contributed by atoms with Crippen LogP contribution in [-0.2, 0) is 0 Å². The summed E-state index contributed by atoms with van der Waals surface area (Å²) in [7, 11) is 0. The standard InChI is InChI=1S/C28H38N4O2/c33-27(29-16-10-19-31-17-6-1-2-7-18-31)24-12-8-11-23(21-24)25-13-9-20-32(22-25)28(34)30-26-14-4-3-5-15-26/h3-5,8,11-12,14-15,21,25H,1-2,6-7,9-10,13,16-20,22H2,(H,29,33)(H,30,34)/t25-/m1/s1. The number of anilines is 1. The molecule has 3 amide bonds. The number of amides is 3. The lowest BCUT2D eigenvalue weighted by molar-refractivity contribution is 0.0951. The molecule has 2 aromatic carbocycles. The molecular formula is C28H38N4O2. The average Bonchev–Trinajstić information content (AvgIpc) is 3.16. The van der Waals surface area contributed by atoms with Gasteiger partial charge in [0.05, 0.1) is 0 Å². The van der Waals surface area contributed by atoms with E-state index in [2.05, 4.69) is 21.6 Å². The highest BCUT2D eigenvalue weighted by atomic mass is 16.2. The van der Waals surface area contributed by atoms with Gasteiger partial charge >= 0.3 is 6.03 Å². The van der Waals surface area contributed by atoms with Gasteiger partial charge in [0.15, 0.2) is 0 Å². The van der Waals surface area contributed by atoms with E-state index in [1.165, 1.54) is 38.8 Å². The number of carbonyl (C=O) groups excluding carboxylic acids is 2. The summed E-state index contributed by atoms with van der Waals surface area (Å²) in [4.78, 5) is 29.9. The molecule has 1 atom stereocenters. The molecule has 182 valence electrons. The SMILES string of the molecule is O=C(NCCCN1CCCCCC1)c1cccc([C@@H]2CCCN(C(=O)Nc3ccccc3)C2)c1. The number of nitrogens with one attached hydrogen (secondary N) is 2. The van der Waals surface area contributed by atoms with E-state index in [1.807, 2.05) is 53.4 Å². The van der Waals surface area contributed by atoms with Gasteiger partial charge in [0.25, 0.3) is 5.91 Å². The number of para-hydroxylation sites is 1. The number of carbonyl (C=O) groups is 2. The van der Waals surface area contributed by atoms with Crippen LogP contribution in [0.5, 0.6) is 0 Å². The van der Waals surface area contributed by atoms with Crippen LogP contribution in [-0.4, -0.2) is 61.0 Å². The number of hydrogen-bond acceptors (Lipinski definition) is 3. The van der Waals surface area contributed by atoms with E-state index >= 15 is 0 Å². The Bertz CT molecular complexity index is 925. The zero-order chi connectivity index (χ0) is 23.6. The molecule has 2 saturated heterocycles. The fourth-order valence-electron chi connectivity index (χ4n) is 5.06. The Morgan fingerprint density at radius 2 is 1.68 bits per heavy atom. The molecule has 2 aliphatic rings. The van der Waals surface area contributed by atoms with Crippen LogP contribution in [0.1, 0.15) is 66.8 Å². The number of likely N-dealkylation sites (tertiary alicyclic amines) is 2. The van der Waals surface area contributed by atoms with E-state index in [1.54, 1.807) is 0 Å². The molecule has 0 spiro atoms. The fraction of sp³-hybridized carbons (Fsp3) is 0.500. The van der Waals surface area contributed by atoms with Gasteiger partial charge in [0.1, 0.15) is 0 Å². The normalized spacial score (nSPS) is 19.3. The van der Waals surface area contributed by atoms with E-state index < -0.39 is 0 Å². The highest BCUT2D eigenvalue weighted by Crippen LogP contribution is 2.28. The van der Waals surface area contributed by atoms with Gasteiger partial charge in [-0.3, -0.25) is 4.79 Å². The van der Waals surface area contributed by atoms with Crippen LogP contribution in [0.15, 0.2) is 54.6 Å². The van der Waals surface area contributed by atoms with E-state index in [0.717, 1.165) is 43.6 Å². The lowest BCUT2D eigenvalue weighted by atomic mass is 9.89.